The van der Waals surface area contributed by atoms with Crippen molar-refractivity contribution in [3.05, 3.63) is 50.9 Å². The minimum atomic E-state index is -1.19. The van der Waals surface area contributed by atoms with E-state index in [0.29, 0.717) is 22.2 Å². The minimum absolute atomic E-state index is 0.00563. The third-order valence-electron chi connectivity index (χ3n) is 3.31. The highest BCUT2D eigenvalue weighted by molar-refractivity contribution is 6.35. The summed E-state index contributed by atoms with van der Waals surface area (Å²) in [7, 11) is 1.45. The van der Waals surface area contributed by atoms with Crippen molar-refractivity contribution in [1.82, 2.24) is 9.97 Å². The average Bonchev–Trinajstić information content (AvgIpc) is 2.49. The van der Waals surface area contributed by atoms with E-state index in [4.69, 9.17) is 33.0 Å². The third-order valence-corrected chi connectivity index (χ3v) is 3.90. The Morgan fingerprint density at radius 3 is 2.52 bits per heavy atom. The lowest BCUT2D eigenvalue weighted by Gasteiger charge is -2.16. The monoisotopic (exact) mass is 354 g/mol. The first-order chi connectivity index (χ1) is 10.8. The number of carboxylic acid groups (broad SMARTS) is 1. The molecule has 0 amide bonds. The highest BCUT2D eigenvalue weighted by atomic mass is 35.5. The molecule has 1 aromatic heterocycles. The molecule has 122 valence electrons. The van der Waals surface area contributed by atoms with Gasteiger partial charge in [0.2, 0.25) is 11.7 Å². The molecule has 0 unspecified atom stereocenters. The Bertz CT molecular complexity index is 748. The number of hydrogen-bond donors (Lipinski definition) is 1. The van der Waals surface area contributed by atoms with Crippen molar-refractivity contribution < 1.29 is 14.6 Å². The quantitative estimate of drug-likeness (QED) is 0.870. The normalized spacial score (nSPS) is 10.9. The molecule has 2 rings (SSSR count). The number of aromatic nitrogens is 2. The molecule has 0 atom stereocenters. The number of rotatable bonds is 5. The van der Waals surface area contributed by atoms with E-state index in [0.717, 1.165) is 11.1 Å². The van der Waals surface area contributed by atoms with E-state index in [1.165, 1.54) is 7.11 Å². The molecule has 0 fully saturated rings. The van der Waals surface area contributed by atoms with Gasteiger partial charge < -0.3 is 9.84 Å². The number of ether oxygens (including phenoxy) is 1. The topological polar surface area (TPSA) is 72.3 Å². The van der Waals surface area contributed by atoms with Crippen LogP contribution in [0.1, 0.15) is 47.2 Å². The van der Waals surface area contributed by atoms with Gasteiger partial charge >= 0.3 is 5.97 Å². The number of nitrogens with zero attached hydrogens (tertiary/aromatic N) is 2. The second-order valence-corrected chi connectivity index (χ2v) is 6.14. The average molecular weight is 355 g/mol. The van der Waals surface area contributed by atoms with Gasteiger partial charge in [-0.3, -0.25) is 0 Å². The number of benzene rings is 1. The summed E-state index contributed by atoms with van der Waals surface area (Å²) in [6.07, 6.45) is 0.423. The van der Waals surface area contributed by atoms with Gasteiger partial charge in [0.25, 0.3) is 0 Å². The van der Waals surface area contributed by atoms with Crippen LogP contribution in [-0.4, -0.2) is 28.2 Å². The minimum Gasteiger partial charge on any atom is -0.481 e. The van der Waals surface area contributed by atoms with Crippen LogP contribution in [0.5, 0.6) is 5.88 Å². The summed E-state index contributed by atoms with van der Waals surface area (Å²) >= 11 is 12.1. The third kappa shape index (κ3) is 3.92. The summed E-state index contributed by atoms with van der Waals surface area (Å²) in [4.78, 5) is 19.3. The first-order valence-electron chi connectivity index (χ1n) is 6.95. The maximum absolute atomic E-state index is 11.2. The van der Waals surface area contributed by atoms with E-state index in [-0.39, 0.29) is 17.6 Å². The molecule has 0 aliphatic heterocycles. The number of aromatic carboxylic acids is 1. The van der Waals surface area contributed by atoms with Gasteiger partial charge in [-0.15, -0.1) is 0 Å². The van der Waals surface area contributed by atoms with Crippen LogP contribution in [0.2, 0.25) is 10.0 Å². The van der Waals surface area contributed by atoms with Crippen molar-refractivity contribution in [2.24, 2.45) is 0 Å². The number of hydrogen-bond acceptors (Lipinski definition) is 4. The fourth-order valence-corrected chi connectivity index (χ4v) is 2.72. The van der Waals surface area contributed by atoms with Gasteiger partial charge in [-0.1, -0.05) is 43.1 Å². The first-order valence-corrected chi connectivity index (χ1v) is 7.71. The predicted molar refractivity (Wildman–Crippen MR) is 88.9 cm³/mol. The van der Waals surface area contributed by atoms with Crippen LogP contribution in [0.4, 0.5) is 0 Å². The van der Waals surface area contributed by atoms with Crippen molar-refractivity contribution in [3.63, 3.8) is 0 Å². The molecular weight excluding hydrogens is 339 g/mol. The molecule has 1 aromatic carbocycles. The Kier molecular flexibility index (Phi) is 5.44. The molecule has 0 bridgehead atoms. The molecule has 0 aliphatic rings. The highest BCUT2D eigenvalue weighted by Gasteiger charge is 2.21. The predicted octanol–water partition coefficient (Wildman–Crippen LogP) is 4.20. The van der Waals surface area contributed by atoms with E-state index in [1.807, 2.05) is 19.9 Å². The molecule has 5 nitrogen and oxygen atoms in total. The summed E-state index contributed by atoms with van der Waals surface area (Å²) in [5.41, 5.74) is 2.18. The summed E-state index contributed by atoms with van der Waals surface area (Å²) in [5, 5.41) is 10.2. The fourth-order valence-electron chi connectivity index (χ4n) is 2.24. The second kappa shape index (κ2) is 7.15. The molecule has 7 heteroatoms. The van der Waals surface area contributed by atoms with E-state index in [9.17, 15) is 4.79 Å². The Labute approximate surface area is 144 Å². The van der Waals surface area contributed by atoms with Gasteiger partial charge in [-0.2, -0.15) is 4.98 Å². The molecule has 23 heavy (non-hydrogen) atoms. The lowest BCUT2D eigenvalue weighted by Crippen LogP contribution is -2.13. The van der Waals surface area contributed by atoms with Crippen LogP contribution in [0.15, 0.2) is 18.2 Å². The van der Waals surface area contributed by atoms with Crippen molar-refractivity contribution in [2.45, 2.75) is 26.2 Å². The number of halogens is 2. The zero-order chi connectivity index (χ0) is 17.1. The van der Waals surface area contributed by atoms with Crippen LogP contribution < -0.4 is 4.74 Å². The van der Waals surface area contributed by atoms with Crippen LogP contribution in [0.25, 0.3) is 0 Å². The zero-order valence-corrected chi connectivity index (χ0v) is 14.4. The SMILES string of the molecule is COc1nc(C(=O)O)nc(C(C)C)c1Cc1ccc(Cl)cc1Cl. The highest BCUT2D eigenvalue weighted by Crippen LogP contribution is 2.30. The second-order valence-electron chi connectivity index (χ2n) is 5.29. The summed E-state index contributed by atoms with van der Waals surface area (Å²) in [6, 6.07) is 5.22. The molecular formula is C16H16Cl2N2O3. The largest absolute Gasteiger partial charge is 0.481 e. The van der Waals surface area contributed by atoms with Crippen molar-refractivity contribution in [3.8, 4) is 5.88 Å². The molecule has 0 saturated heterocycles. The summed E-state index contributed by atoms with van der Waals surface area (Å²) in [5.74, 6) is -1.23. The first kappa shape index (κ1) is 17.5. The summed E-state index contributed by atoms with van der Waals surface area (Å²) < 4.78 is 5.28. The van der Waals surface area contributed by atoms with Gasteiger partial charge in [-0.25, -0.2) is 9.78 Å². The molecule has 0 spiro atoms. The van der Waals surface area contributed by atoms with Gasteiger partial charge in [0.15, 0.2) is 0 Å². The van der Waals surface area contributed by atoms with E-state index < -0.39 is 5.97 Å². The number of carboxylic acids is 1. The lowest BCUT2D eigenvalue weighted by atomic mass is 9.98. The van der Waals surface area contributed by atoms with Crippen LogP contribution in [0.3, 0.4) is 0 Å². The fraction of sp³-hybridized carbons (Fsp3) is 0.312. The molecule has 0 radical (unpaired) electrons. The van der Waals surface area contributed by atoms with Crippen molar-refractivity contribution in [2.75, 3.05) is 7.11 Å². The molecule has 0 saturated carbocycles. The van der Waals surface area contributed by atoms with Gasteiger partial charge in [-0.05, 0) is 23.6 Å². The Morgan fingerprint density at radius 2 is 2.00 bits per heavy atom. The van der Waals surface area contributed by atoms with Crippen LogP contribution in [0, 0.1) is 0 Å². The maximum atomic E-state index is 11.2. The lowest BCUT2D eigenvalue weighted by molar-refractivity contribution is 0.0681. The van der Waals surface area contributed by atoms with Crippen molar-refractivity contribution >= 4 is 29.2 Å². The molecule has 2 aromatic rings. The summed E-state index contributed by atoms with van der Waals surface area (Å²) in [6.45, 7) is 3.86. The number of carbonyl (C=O) groups is 1. The van der Waals surface area contributed by atoms with E-state index >= 15 is 0 Å². The number of methoxy groups -OCH3 is 1. The Morgan fingerprint density at radius 1 is 1.30 bits per heavy atom. The molecule has 0 aliphatic carbocycles. The maximum Gasteiger partial charge on any atom is 0.374 e. The zero-order valence-electron chi connectivity index (χ0n) is 12.9. The van der Waals surface area contributed by atoms with E-state index in [1.54, 1.807) is 12.1 Å². The van der Waals surface area contributed by atoms with Gasteiger partial charge in [0.05, 0.1) is 12.8 Å². The molecule has 1 heterocycles. The van der Waals surface area contributed by atoms with E-state index in [2.05, 4.69) is 9.97 Å². The smallest absolute Gasteiger partial charge is 0.374 e. The standard InChI is InChI=1S/C16H16Cl2N2O3/c1-8(2)13-11(6-9-4-5-10(17)7-12(9)18)15(23-3)20-14(19-13)16(21)22/h4-5,7-8H,6H2,1-3H3,(H,21,22). The van der Waals surface area contributed by atoms with Crippen LogP contribution >= 0.6 is 23.2 Å². The van der Waals surface area contributed by atoms with Crippen molar-refractivity contribution in [1.29, 1.82) is 0 Å². The van der Waals surface area contributed by atoms with Gasteiger partial charge in [0.1, 0.15) is 0 Å². The Balaban J connectivity index is 2.57. The Hall–Kier alpha value is -1.85. The van der Waals surface area contributed by atoms with Gasteiger partial charge in [0, 0.05) is 22.0 Å². The molecule has 1 N–H and O–H groups in total. The van der Waals surface area contributed by atoms with Crippen LogP contribution in [-0.2, 0) is 6.42 Å².